The van der Waals surface area contributed by atoms with Gasteiger partial charge in [-0.05, 0) is 20.3 Å². The maximum Gasteiger partial charge on any atom is 0.223 e. The van der Waals surface area contributed by atoms with Crippen molar-refractivity contribution in [2.75, 3.05) is 19.6 Å². The van der Waals surface area contributed by atoms with Crippen LogP contribution in [0.5, 0.6) is 0 Å². The lowest BCUT2D eigenvalue weighted by atomic mass is 10.3. The Morgan fingerprint density at radius 1 is 1.39 bits per heavy atom. The van der Waals surface area contributed by atoms with E-state index in [4.69, 9.17) is 0 Å². The summed E-state index contributed by atoms with van der Waals surface area (Å²) < 4.78 is 0. The number of carbonyl (C=O) groups is 1. The van der Waals surface area contributed by atoms with E-state index in [9.17, 15) is 4.79 Å². The molecule has 1 N–H and O–H groups in total. The van der Waals surface area contributed by atoms with E-state index < -0.39 is 0 Å². The molecule has 4 nitrogen and oxygen atoms in total. The minimum absolute atomic E-state index is 0.228. The number of thiazole rings is 1. The van der Waals surface area contributed by atoms with Crippen LogP contribution in [-0.4, -0.2) is 35.4 Å². The van der Waals surface area contributed by atoms with Crippen molar-refractivity contribution in [1.29, 1.82) is 0 Å². The molecule has 0 aliphatic carbocycles. The largest absolute Gasteiger partial charge is 0.343 e. The van der Waals surface area contributed by atoms with Crippen molar-refractivity contribution >= 4 is 17.2 Å². The molecule has 1 rings (SSSR count). The first-order valence-corrected chi connectivity index (χ1v) is 7.44. The summed E-state index contributed by atoms with van der Waals surface area (Å²) in [6.45, 7) is 9.27. The van der Waals surface area contributed by atoms with Gasteiger partial charge in [0, 0.05) is 43.7 Å². The van der Waals surface area contributed by atoms with Gasteiger partial charge in [-0.25, -0.2) is 4.98 Å². The van der Waals surface area contributed by atoms with Gasteiger partial charge in [-0.15, -0.1) is 11.3 Å². The highest BCUT2D eigenvalue weighted by Crippen LogP contribution is 2.12. The molecule has 0 aromatic carbocycles. The number of rotatable bonds is 8. The Balaban J connectivity index is 2.20. The average molecular weight is 269 g/mol. The topological polar surface area (TPSA) is 45.2 Å². The zero-order valence-corrected chi connectivity index (χ0v) is 12.3. The minimum atomic E-state index is 0.228. The molecule has 102 valence electrons. The van der Waals surface area contributed by atoms with E-state index in [0.717, 1.165) is 32.6 Å². The van der Waals surface area contributed by atoms with Crippen molar-refractivity contribution in [1.82, 2.24) is 15.2 Å². The van der Waals surface area contributed by atoms with E-state index in [0.29, 0.717) is 6.42 Å². The Morgan fingerprint density at radius 3 is 2.67 bits per heavy atom. The van der Waals surface area contributed by atoms with Crippen LogP contribution in [0, 0.1) is 0 Å². The molecule has 1 aromatic heterocycles. The first-order valence-electron chi connectivity index (χ1n) is 6.63. The van der Waals surface area contributed by atoms with Gasteiger partial charge >= 0.3 is 0 Å². The van der Waals surface area contributed by atoms with Crippen LogP contribution in [-0.2, 0) is 17.8 Å². The van der Waals surface area contributed by atoms with Crippen LogP contribution in [0.1, 0.15) is 37.1 Å². The number of nitrogens with zero attached hydrogens (tertiary/aromatic N) is 2. The quantitative estimate of drug-likeness (QED) is 0.735. The van der Waals surface area contributed by atoms with Gasteiger partial charge in [0.05, 0.1) is 5.01 Å². The normalized spacial score (nSPS) is 10.6. The van der Waals surface area contributed by atoms with Gasteiger partial charge in [-0.3, -0.25) is 4.79 Å². The summed E-state index contributed by atoms with van der Waals surface area (Å²) in [6.07, 6.45) is 3.48. The van der Waals surface area contributed by atoms with E-state index in [1.165, 1.54) is 9.88 Å². The molecule has 5 heteroatoms. The molecule has 18 heavy (non-hydrogen) atoms. The second-order valence-electron chi connectivity index (χ2n) is 4.07. The molecule has 1 aromatic rings. The lowest BCUT2D eigenvalue weighted by Gasteiger charge is -2.18. The molecule has 0 radical (unpaired) electrons. The maximum absolute atomic E-state index is 11.7. The number of nitrogens with one attached hydrogen (secondary N) is 1. The highest BCUT2D eigenvalue weighted by Gasteiger charge is 2.08. The van der Waals surface area contributed by atoms with Crippen molar-refractivity contribution in [3.8, 4) is 0 Å². The molecular formula is C13H23N3OS. The van der Waals surface area contributed by atoms with Crippen molar-refractivity contribution < 1.29 is 4.79 Å². The van der Waals surface area contributed by atoms with Crippen molar-refractivity contribution in [2.45, 2.75) is 40.2 Å². The third-order valence-electron chi connectivity index (χ3n) is 2.83. The average Bonchev–Trinajstić information content (AvgIpc) is 2.84. The molecule has 0 atom stereocenters. The fourth-order valence-electron chi connectivity index (χ4n) is 1.73. The van der Waals surface area contributed by atoms with Crippen LogP contribution < -0.4 is 5.32 Å². The summed E-state index contributed by atoms with van der Waals surface area (Å²) in [7, 11) is 0. The fourth-order valence-corrected chi connectivity index (χ4v) is 2.57. The van der Waals surface area contributed by atoms with Crippen LogP contribution >= 0.6 is 11.3 Å². The second-order valence-corrected chi connectivity index (χ2v) is 5.27. The molecule has 0 aliphatic rings. The summed E-state index contributed by atoms with van der Waals surface area (Å²) in [6, 6.07) is 0. The van der Waals surface area contributed by atoms with E-state index in [1.54, 1.807) is 11.3 Å². The minimum Gasteiger partial charge on any atom is -0.343 e. The van der Waals surface area contributed by atoms with E-state index in [-0.39, 0.29) is 5.91 Å². The molecule has 0 spiro atoms. The molecule has 0 fully saturated rings. The highest BCUT2D eigenvalue weighted by atomic mass is 32.1. The second kappa shape index (κ2) is 8.21. The Bertz CT molecular complexity index is 361. The Kier molecular flexibility index (Phi) is 6.90. The van der Waals surface area contributed by atoms with Crippen molar-refractivity contribution in [3.63, 3.8) is 0 Å². The van der Waals surface area contributed by atoms with Crippen LogP contribution in [0.2, 0.25) is 0 Å². The Morgan fingerprint density at radius 2 is 2.11 bits per heavy atom. The summed E-state index contributed by atoms with van der Waals surface area (Å²) in [4.78, 5) is 19.2. The number of carbonyl (C=O) groups excluding carboxylic acids is 1. The molecular weight excluding hydrogens is 246 g/mol. The number of aromatic nitrogens is 1. The molecule has 0 saturated heterocycles. The van der Waals surface area contributed by atoms with Crippen LogP contribution in [0.4, 0.5) is 0 Å². The SMILES string of the molecule is CCc1ncc(CNCCC(=O)N(CC)CC)s1. The highest BCUT2D eigenvalue weighted by molar-refractivity contribution is 7.11. The first kappa shape index (κ1) is 15.1. The third kappa shape index (κ3) is 4.74. The van der Waals surface area contributed by atoms with Crippen molar-refractivity contribution in [3.05, 3.63) is 16.1 Å². The number of amides is 1. The lowest BCUT2D eigenvalue weighted by molar-refractivity contribution is -0.130. The van der Waals surface area contributed by atoms with Crippen LogP contribution in [0.15, 0.2) is 6.20 Å². The summed E-state index contributed by atoms with van der Waals surface area (Å²) >= 11 is 1.74. The molecule has 0 bridgehead atoms. The maximum atomic E-state index is 11.7. The number of hydrogen-bond donors (Lipinski definition) is 1. The number of aryl methyl sites for hydroxylation is 1. The van der Waals surface area contributed by atoms with E-state index in [1.807, 2.05) is 24.9 Å². The van der Waals surface area contributed by atoms with E-state index >= 15 is 0 Å². The zero-order valence-electron chi connectivity index (χ0n) is 11.5. The van der Waals surface area contributed by atoms with Crippen LogP contribution in [0.3, 0.4) is 0 Å². The van der Waals surface area contributed by atoms with Gasteiger partial charge < -0.3 is 10.2 Å². The van der Waals surface area contributed by atoms with Crippen molar-refractivity contribution in [2.24, 2.45) is 0 Å². The van der Waals surface area contributed by atoms with Gasteiger partial charge in [0.15, 0.2) is 0 Å². The molecule has 0 aliphatic heterocycles. The zero-order chi connectivity index (χ0) is 13.4. The van der Waals surface area contributed by atoms with Gasteiger partial charge in [0.1, 0.15) is 0 Å². The van der Waals surface area contributed by atoms with Gasteiger partial charge in [0.25, 0.3) is 0 Å². The monoisotopic (exact) mass is 269 g/mol. The predicted molar refractivity (Wildman–Crippen MR) is 75.7 cm³/mol. The smallest absolute Gasteiger partial charge is 0.223 e. The fraction of sp³-hybridized carbons (Fsp3) is 0.692. The molecule has 0 saturated carbocycles. The molecule has 1 heterocycles. The Hall–Kier alpha value is -0.940. The summed E-state index contributed by atoms with van der Waals surface area (Å²) in [5, 5.41) is 4.47. The van der Waals surface area contributed by atoms with E-state index in [2.05, 4.69) is 17.2 Å². The first-order chi connectivity index (χ1) is 8.71. The summed E-state index contributed by atoms with van der Waals surface area (Å²) in [5.74, 6) is 0.228. The molecule has 1 amide bonds. The lowest BCUT2D eigenvalue weighted by Crippen LogP contribution is -2.32. The standard InChI is InChI=1S/C13H23N3OS/c1-4-12-15-10-11(18-12)9-14-8-7-13(17)16(5-2)6-3/h10,14H,4-9H2,1-3H3. The predicted octanol–water partition coefficient (Wildman–Crippen LogP) is 2.05. The van der Waals surface area contributed by atoms with Gasteiger partial charge in [-0.1, -0.05) is 6.92 Å². The Labute approximate surface area is 113 Å². The third-order valence-corrected chi connectivity index (χ3v) is 3.98. The van der Waals surface area contributed by atoms with Gasteiger partial charge in [-0.2, -0.15) is 0 Å². The summed E-state index contributed by atoms with van der Waals surface area (Å²) in [5.41, 5.74) is 0. The van der Waals surface area contributed by atoms with Gasteiger partial charge in [0.2, 0.25) is 5.91 Å². The molecule has 0 unspecified atom stereocenters. The number of hydrogen-bond acceptors (Lipinski definition) is 4. The van der Waals surface area contributed by atoms with Crippen LogP contribution in [0.25, 0.3) is 0 Å².